The number of nitrogens with two attached hydrogens (primary N) is 1. The highest BCUT2D eigenvalue weighted by atomic mass is 32.2. The van der Waals surface area contributed by atoms with Crippen molar-refractivity contribution < 1.29 is 17.9 Å². The van der Waals surface area contributed by atoms with Gasteiger partial charge in [0.1, 0.15) is 0 Å². The SMILES string of the molecule is C[C@@H](Nc1c(C(N)=O)nnc2cc(-c3ccc(S(C)(=O)=O)cc3)ccc12)C1CCOCC1. The molecule has 9 heteroatoms. The Morgan fingerprint density at radius 1 is 1.09 bits per heavy atom. The van der Waals surface area contributed by atoms with Gasteiger partial charge in [0.05, 0.1) is 16.1 Å². The molecule has 3 aromatic rings. The number of carbonyl (C=O) groups is 1. The monoisotopic (exact) mass is 454 g/mol. The van der Waals surface area contributed by atoms with Crippen LogP contribution in [-0.2, 0) is 14.6 Å². The van der Waals surface area contributed by atoms with Gasteiger partial charge in [-0.15, -0.1) is 10.2 Å². The molecule has 0 unspecified atom stereocenters. The zero-order valence-electron chi connectivity index (χ0n) is 18.0. The van der Waals surface area contributed by atoms with E-state index < -0.39 is 15.7 Å². The van der Waals surface area contributed by atoms with Gasteiger partial charge in [0, 0.05) is 30.9 Å². The second kappa shape index (κ2) is 8.84. The normalized spacial score (nSPS) is 16.1. The lowest BCUT2D eigenvalue weighted by molar-refractivity contribution is 0.0622. The first-order valence-corrected chi connectivity index (χ1v) is 12.4. The van der Waals surface area contributed by atoms with Crippen molar-refractivity contribution in [3.8, 4) is 11.1 Å². The van der Waals surface area contributed by atoms with Crippen molar-refractivity contribution in [1.29, 1.82) is 0 Å². The molecular weight excluding hydrogens is 428 g/mol. The van der Waals surface area contributed by atoms with E-state index in [1.807, 2.05) is 18.2 Å². The average molecular weight is 455 g/mol. The number of benzene rings is 2. The summed E-state index contributed by atoms with van der Waals surface area (Å²) in [5.74, 6) is -0.221. The molecule has 2 heterocycles. The largest absolute Gasteiger partial charge is 0.381 e. The van der Waals surface area contributed by atoms with Gasteiger partial charge in [-0.05, 0) is 61.1 Å². The third kappa shape index (κ3) is 4.58. The molecule has 0 radical (unpaired) electrons. The number of sulfone groups is 1. The number of anilines is 1. The van der Waals surface area contributed by atoms with E-state index in [0.717, 1.165) is 42.6 Å². The average Bonchev–Trinajstić information content (AvgIpc) is 2.78. The molecule has 4 rings (SSSR count). The first-order valence-electron chi connectivity index (χ1n) is 10.5. The topological polar surface area (TPSA) is 124 Å². The van der Waals surface area contributed by atoms with Crippen LogP contribution in [0.5, 0.6) is 0 Å². The maximum absolute atomic E-state index is 12.0. The minimum Gasteiger partial charge on any atom is -0.381 e. The lowest BCUT2D eigenvalue weighted by Gasteiger charge is -2.29. The van der Waals surface area contributed by atoms with Gasteiger partial charge >= 0.3 is 0 Å². The Hall–Kier alpha value is -3.04. The predicted molar refractivity (Wildman–Crippen MR) is 123 cm³/mol. The van der Waals surface area contributed by atoms with E-state index in [4.69, 9.17) is 10.5 Å². The third-order valence-corrected chi connectivity index (χ3v) is 7.08. The van der Waals surface area contributed by atoms with Crippen molar-refractivity contribution in [1.82, 2.24) is 10.2 Å². The fourth-order valence-corrected chi connectivity index (χ4v) is 4.69. The minimum atomic E-state index is -3.26. The first kappa shape index (κ1) is 22.2. The van der Waals surface area contributed by atoms with Crippen LogP contribution in [0.15, 0.2) is 47.4 Å². The number of nitrogens with one attached hydrogen (secondary N) is 1. The zero-order valence-corrected chi connectivity index (χ0v) is 18.9. The van der Waals surface area contributed by atoms with Crippen LogP contribution in [0.2, 0.25) is 0 Å². The Bertz CT molecular complexity index is 1250. The summed E-state index contributed by atoms with van der Waals surface area (Å²) in [6.45, 7) is 3.55. The Morgan fingerprint density at radius 3 is 2.38 bits per heavy atom. The molecule has 1 saturated heterocycles. The summed E-state index contributed by atoms with van der Waals surface area (Å²) in [4.78, 5) is 12.3. The highest BCUT2D eigenvalue weighted by Gasteiger charge is 2.24. The van der Waals surface area contributed by atoms with Crippen LogP contribution in [0.3, 0.4) is 0 Å². The van der Waals surface area contributed by atoms with Gasteiger partial charge in [0.15, 0.2) is 15.5 Å². The number of hydrogen-bond donors (Lipinski definition) is 2. The standard InChI is InChI=1S/C23H26N4O4S/c1-14(15-9-11-31-12-10-15)25-21-19-8-5-17(13-20(19)26-27-22(21)23(24)28)16-3-6-18(7-4-16)32(2,29)30/h3-8,13-15H,9-12H2,1-2H3,(H2,24,28)(H,25,26)/t14-/m1/s1. The van der Waals surface area contributed by atoms with Gasteiger partial charge in [0.25, 0.3) is 5.91 Å². The summed E-state index contributed by atoms with van der Waals surface area (Å²) in [7, 11) is -3.26. The molecule has 8 nitrogen and oxygen atoms in total. The Morgan fingerprint density at radius 2 is 1.75 bits per heavy atom. The molecule has 1 fully saturated rings. The van der Waals surface area contributed by atoms with Crippen LogP contribution < -0.4 is 11.1 Å². The van der Waals surface area contributed by atoms with Crippen LogP contribution in [0.4, 0.5) is 5.69 Å². The minimum absolute atomic E-state index is 0.104. The van der Waals surface area contributed by atoms with Gasteiger partial charge in [-0.3, -0.25) is 4.79 Å². The number of hydrogen-bond acceptors (Lipinski definition) is 7. The van der Waals surface area contributed by atoms with Crippen molar-refractivity contribution in [2.75, 3.05) is 24.8 Å². The van der Waals surface area contributed by atoms with E-state index in [-0.39, 0.29) is 16.6 Å². The van der Waals surface area contributed by atoms with E-state index in [2.05, 4.69) is 22.4 Å². The molecule has 1 aromatic heterocycles. The van der Waals surface area contributed by atoms with E-state index in [0.29, 0.717) is 17.1 Å². The summed E-state index contributed by atoms with van der Waals surface area (Å²) in [6, 6.07) is 12.5. The van der Waals surface area contributed by atoms with Crippen molar-refractivity contribution >= 4 is 32.3 Å². The van der Waals surface area contributed by atoms with Gasteiger partial charge in [-0.2, -0.15) is 0 Å². The van der Waals surface area contributed by atoms with Crippen LogP contribution in [0.1, 0.15) is 30.3 Å². The summed E-state index contributed by atoms with van der Waals surface area (Å²) >= 11 is 0. The second-order valence-corrected chi connectivity index (χ2v) is 10.2. The van der Waals surface area contributed by atoms with Crippen LogP contribution in [0.25, 0.3) is 22.0 Å². The van der Waals surface area contributed by atoms with Crippen molar-refractivity contribution in [2.45, 2.75) is 30.7 Å². The summed E-state index contributed by atoms with van der Waals surface area (Å²) < 4.78 is 28.9. The van der Waals surface area contributed by atoms with Crippen molar-refractivity contribution in [3.63, 3.8) is 0 Å². The molecule has 32 heavy (non-hydrogen) atoms. The number of rotatable bonds is 6. The lowest BCUT2D eigenvalue weighted by atomic mass is 9.92. The van der Waals surface area contributed by atoms with Gasteiger partial charge in [0.2, 0.25) is 0 Å². The van der Waals surface area contributed by atoms with Crippen molar-refractivity contribution in [2.24, 2.45) is 11.7 Å². The molecule has 1 amide bonds. The van der Waals surface area contributed by atoms with Crippen LogP contribution in [-0.4, -0.2) is 50.0 Å². The predicted octanol–water partition coefficient (Wildman–Crippen LogP) is 3.03. The van der Waals surface area contributed by atoms with Crippen LogP contribution in [0, 0.1) is 5.92 Å². The molecule has 168 valence electrons. The Labute approximate surface area is 187 Å². The molecular formula is C23H26N4O4S. The van der Waals surface area contributed by atoms with Gasteiger partial charge < -0.3 is 15.8 Å². The molecule has 1 aliphatic rings. The highest BCUT2D eigenvalue weighted by molar-refractivity contribution is 7.90. The smallest absolute Gasteiger partial charge is 0.271 e. The summed E-state index contributed by atoms with van der Waals surface area (Å²) in [5, 5.41) is 12.5. The molecule has 2 aromatic carbocycles. The van der Waals surface area contributed by atoms with Crippen LogP contribution >= 0.6 is 0 Å². The molecule has 0 bridgehead atoms. The molecule has 3 N–H and O–H groups in total. The number of nitrogens with zero attached hydrogens (tertiary/aromatic N) is 2. The fraction of sp³-hybridized carbons (Fsp3) is 0.348. The summed E-state index contributed by atoms with van der Waals surface area (Å²) in [5.41, 5.74) is 8.60. The molecule has 0 saturated carbocycles. The third-order valence-electron chi connectivity index (χ3n) is 5.96. The fourth-order valence-electron chi connectivity index (χ4n) is 4.06. The Kier molecular flexibility index (Phi) is 6.12. The quantitative estimate of drug-likeness (QED) is 0.586. The maximum Gasteiger partial charge on any atom is 0.271 e. The maximum atomic E-state index is 12.0. The number of aromatic nitrogens is 2. The highest BCUT2D eigenvalue weighted by Crippen LogP contribution is 2.31. The number of amides is 1. The Balaban J connectivity index is 1.71. The zero-order chi connectivity index (χ0) is 22.9. The van der Waals surface area contributed by atoms with E-state index in [1.54, 1.807) is 24.3 Å². The van der Waals surface area contributed by atoms with E-state index in [1.165, 1.54) is 6.26 Å². The number of fused-ring (bicyclic) bond motifs is 1. The first-order chi connectivity index (χ1) is 15.2. The van der Waals surface area contributed by atoms with Gasteiger partial charge in [-0.1, -0.05) is 18.2 Å². The summed E-state index contributed by atoms with van der Waals surface area (Å²) in [6.07, 6.45) is 3.08. The number of primary amides is 1. The van der Waals surface area contributed by atoms with Gasteiger partial charge in [-0.25, -0.2) is 8.42 Å². The number of ether oxygens (including phenoxy) is 1. The lowest BCUT2D eigenvalue weighted by Crippen LogP contribution is -2.32. The molecule has 1 aliphatic heterocycles. The number of carbonyl (C=O) groups excluding carboxylic acids is 1. The van der Waals surface area contributed by atoms with Crippen molar-refractivity contribution in [3.05, 3.63) is 48.2 Å². The molecule has 0 spiro atoms. The second-order valence-electron chi connectivity index (χ2n) is 8.20. The molecule has 0 aliphatic carbocycles. The van der Waals surface area contributed by atoms with E-state index >= 15 is 0 Å². The van der Waals surface area contributed by atoms with E-state index in [9.17, 15) is 13.2 Å². The molecule has 1 atom stereocenters.